The summed E-state index contributed by atoms with van der Waals surface area (Å²) in [6.45, 7) is 1.92. The quantitative estimate of drug-likeness (QED) is 0.799. The highest BCUT2D eigenvalue weighted by molar-refractivity contribution is 9.10. The maximum Gasteiger partial charge on any atom is 0.325 e. The third-order valence-corrected chi connectivity index (χ3v) is 4.64. The second-order valence-corrected chi connectivity index (χ2v) is 6.94. The number of nitrogens with zero attached hydrogens (tertiary/aromatic N) is 1. The van der Waals surface area contributed by atoms with E-state index in [1.54, 1.807) is 31.2 Å². The molecule has 0 saturated carbocycles. The molecule has 23 heavy (non-hydrogen) atoms. The molecule has 0 aliphatic carbocycles. The molecule has 118 valence electrons. The standard InChI is InChI=1S/C17H14BrClN2O2/c1-17(12-5-3-7-14(19)9-12)15(22)21(16(23)20-17)10-11-4-2-6-13(18)8-11/h2-9H,10H2,1H3,(H,20,23). The smallest absolute Gasteiger partial charge is 0.319 e. The maximum absolute atomic E-state index is 12.8. The molecule has 0 bridgehead atoms. The predicted molar refractivity (Wildman–Crippen MR) is 92.0 cm³/mol. The van der Waals surface area contributed by atoms with Gasteiger partial charge in [-0.1, -0.05) is 51.8 Å². The highest BCUT2D eigenvalue weighted by Gasteiger charge is 2.48. The second kappa shape index (κ2) is 5.98. The van der Waals surface area contributed by atoms with Gasteiger partial charge in [0.15, 0.2) is 0 Å². The molecule has 0 aromatic heterocycles. The fraction of sp³-hybridized carbons (Fsp3) is 0.176. The summed E-state index contributed by atoms with van der Waals surface area (Å²) in [5.41, 5.74) is 0.437. The SMILES string of the molecule is CC1(c2cccc(Cl)c2)NC(=O)N(Cc2cccc(Br)c2)C1=O. The van der Waals surface area contributed by atoms with E-state index in [4.69, 9.17) is 11.6 Å². The van der Waals surface area contributed by atoms with Crippen LogP contribution in [-0.4, -0.2) is 16.8 Å². The molecular weight excluding hydrogens is 380 g/mol. The van der Waals surface area contributed by atoms with Gasteiger partial charge in [0.05, 0.1) is 6.54 Å². The summed E-state index contributed by atoms with van der Waals surface area (Å²) in [6, 6.07) is 14.1. The van der Waals surface area contributed by atoms with Crippen molar-refractivity contribution in [2.75, 3.05) is 0 Å². The first-order valence-corrected chi connectivity index (χ1v) is 8.22. The van der Waals surface area contributed by atoms with E-state index >= 15 is 0 Å². The van der Waals surface area contributed by atoms with Crippen LogP contribution < -0.4 is 5.32 Å². The van der Waals surface area contributed by atoms with Crippen LogP contribution in [0, 0.1) is 0 Å². The molecule has 1 aliphatic rings. The minimum atomic E-state index is -1.10. The summed E-state index contributed by atoms with van der Waals surface area (Å²) >= 11 is 9.40. The molecule has 0 radical (unpaired) electrons. The van der Waals surface area contributed by atoms with Gasteiger partial charge in [-0.05, 0) is 42.3 Å². The van der Waals surface area contributed by atoms with Gasteiger partial charge >= 0.3 is 6.03 Å². The van der Waals surface area contributed by atoms with Gasteiger partial charge in [-0.3, -0.25) is 9.69 Å². The summed E-state index contributed by atoms with van der Waals surface area (Å²) < 4.78 is 0.902. The molecule has 1 aliphatic heterocycles. The Morgan fingerprint density at radius 2 is 1.91 bits per heavy atom. The maximum atomic E-state index is 12.8. The van der Waals surface area contributed by atoms with E-state index < -0.39 is 11.6 Å². The average molecular weight is 394 g/mol. The van der Waals surface area contributed by atoms with Crippen LogP contribution in [-0.2, 0) is 16.9 Å². The van der Waals surface area contributed by atoms with Gasteiger partial charge in [0.25, 0.3) is 5.91 Å². The number of hydrogen-bond acceptors (Lipinski definition) is 2. The normalized spacial score (nSPS) is 20.7. The zero-order chi connectivity index (χ0) is 16.6. The highest BCUT2D eigenvalue weighted by Crippen LogP contribution is 2.31. The van der Waals surface area contributed by atoms with Gasteiger partial charge in [-0.2, -0.15) is 0 Å². The lowest BCUT2D eigenvalue weighted by Crippen LogP contribution is -2.40. The lowest BCUT2D eigenvalue weighted by atomic mass is 9.92. The predicted octanol–water partition coefficient (Wildman–Crippen LogP) is 4.07. The monoisotopic (exact) mass is 392 g/mol. The van der Waals surface area contributed by atoms with Crippen molar-refractivity contribution >= 4 is 39.5 Å². The molecular formula is C17H14BrClN2O2. The van der Waals surface area contributed by atoms with Crippen molar-refractivity contribution in [3.8, 4) is 0 Å². The molecule has 6 heteroatoms. The number of halogens is 2. The van der Waals surface area contributed by atoms with Crippen LogP contribution >= 0.6 is 27.5 Å². The number of benzene rings is 2. The van der Waals surface area contributed by atoms with Crippen LogP contribution in [0.4, 0.5) is 4.79 Å². The Bertz CT molecular complexity index is 796. The van der Waals surface area contributed by atoms with Crippen LogP contribution in [0.1, 0.15) is 18.1 Å². The number of rotatable bonds is 3. The Labute approximate surface area is 147 Å². The molecule has 2 aromatic rings. The first-order chi connectivity index (χ1) is 10.9. The molecule has 1 atom stereocenters. The molecule has 1 fully saturated rings. The lowest BCUT2D eigenvalue weighted by molar-refractivity contribution is -0.131. The zero-order valence-electron chi connectivity index (χ0n) is 12.3. The highest BCUT2D eigenvalue weighted by atomic mass is 79.9. The van der Waals surface area contributed by atoms with Crippen molar-refractivity contribution in [2.45, 2.75) is 19.0 Å². The fourth-order valence-electron chi connectivity index (χ4n) is 2.65. The van der Waals surface area contributed by atoms with Gasteiger partial charge in [0.2, 0.25) is 0 Å². The van der Waals surface area contributed by atoms with E-state index in [9.17, 15) is 9.59 Å². The van der Waals surface area contributed by atoms with Crippen LogP contribution in [0.15, 0.2) is 53.0 Å². The first-order valence-electron chi connectivity index (χ1n) is 7.05. The minimum Gasteiger partial charge on any atom is -0.319 e. The Hall–Kier alpha value is -1.85. The Morgan fingerprint density at radius 1 is 1.17 bits per heavy atom. The average Bonchev–Trinajstić information content (AvgIpc) is 2.72. The van der Waals surface area contributed by atoms with Crippen LogP contribution in [0.25, 0.3) is 0 Å². The molecule has 3 rings (SSSR count). The number of hydrogen-bond donors (Lipinski definition) is 1. The molecule has 1 unspecified atom stereocenters. The Kier molecular flexibility index (Phi) is 4.17. The van der Waals surface area contributed by atoms with Crippen LogP contribution in [0.3, 0.4) is 0 Å². The summed E-state index contributed by atoms with van der Waals surface area (Å²) in [6.07, 6.45) is 0. The topological polar surface area (TPSA) is 49.4 Å². The Balaban J connectivity index is 1.90. The van der Waals surface area contributed by atoms with E-state index in [2.05, 4.69) is 21.2 Å². The van der Waals surface area contributed by atoms with Crippen molar-refractivity contribution in [1.29, 1.82) is 0 Å². The van der Waals surface area contributed by atoms with Crippen molar-refractivity contribution in [1.82, 2.24) is 10.2 Å². The summed E-state index contributed by atoms with van der Waals surface area (Å²) in [4.78, 5) is 26.3. The van der Waals surface area contributed by atoms with Crippen molar-refractivity contribution in [3.63, 3.8) is 0 Å². The summed E-state index contributed by atoms with van der Waals surface area (Å²) in [5.74, 6) is -0.287. The van der Waals surface area contributed by atoms with E-state index in [1.807, 2.05) is 24.3 Å². The molecule has 3 amide bonds. The largest absolute Gasteiger partial charge is 0.325 e. The third kappa shape index (κ3) is 2.99. The van der Waals surface area contributed by atoms with E-state index in [-0.39, 0.29) is 12.5 Å². The van der Waals surface area contributed by atoms with Gasteiger partial charge in [-0.15, -0.1) is 0 Å². The third-order valence-electron chi connectivity index (χ3n) is 3.91. The zero-order valence-corrected chi connectivity index (χ0v) is 14.7. The minimum absolute atomic E-state index is 0.222. The summed E-state index contributed by atoms with van der Waals surface area (Å²) in [5, 5.41) is 3.30. The van der Waals surface area contributed by atoms with Gasteiger partial charge in [0.1, 0.15) is 5.54 Å². The lowest BCUT2D eigenvalue weighted by Gasteiger charge is -2.22. The number of carbonyl (C=O) groups is 2. The van der Waals surface area contributed by atoms with Crippen molar-refractivity contribution in [3.05, 3.63) is 69.2 Å². The van der Waals surface area contributed by atoms with Gasteiger partial charge in [-0.25, -0.2) is 4.79 Å². The molecule has 1 saturated heterocycles. The van der Waals surface area contributed by atoms with E-state index in [0.29, 0.717) is 10.6 Å². The number of urea groups is 1. The molecule has 4 nitrogen and oxygen atoms in total. The first kappa shape index (κ1) is 16.0. The number of carbonyl (C=O) groups excluding carboxylic acids is 2. The van der Waals surface area contributed by atoms with Crippen LogP contribution in [0.5, 0.6) is 0 Å². The number of nitrogens with one attached hydrogen (secondary N) is 1. The van der Waals surface area contributed by atoms with E-state index in [0.717, 1.165) is 10.0 Å². The Morgan fingerprint density at radius 3 is 2.61 bits per heavy atom. The van der Waals surface area contributed by atoms with Crippen LogP contribution in [0.2, 0.25) is 5.02 Å². The van der Waals surface area contributed by atoms with Gasteiger partial charge < -0.3 is 5.32 Å². The molecule has 2 aromatic carbocycles. The van der Waals surface area contributed by atoms with Gasteiger partial charge in [0, 0.05) is 9.50 Å². The van der Waals surface area contributed by atoms with Crippen molar-refractivity contribution < 1.29 is 9.59 Å². The van der Waals surface area contributed by atoms with E-state index in [1.165, 1.54) is 4.90 Å². The molecule has 0 spiro atoms. The number of imide groups is 1. The number of amides is 3. The molecule has 1 heterocycles. The second-order valence-electron chi connectivity index (χ2n) is 5.59. The van der Waals surface area contributed by atoms with Crippen molar-refractivity contribution in [2.24, 2.45) is 0 Å². The fourth-order valence-corrected chi connectivity index (χ4v) is 3.29. The summed E-state index contributed by atoms with van der Waals surface area (Å²) in [7, 11) is 0. The molecule has 1 N–H and O–H groups in total.